The van der Waals surface area contributed by atoms with E-state index in [1.54, 1.807) is 6.07 Å². The Balaban J connectivity index is 2.14. The van der Waals surface area contributed by atoms with Crippen LogP contribution in [0.15, 0.2) is 18.2 Å². The van der Waals surface area contributed by atoms with E-state index in [2.05, 4.69) is 5.32 Å². The number of aromatic hydroxyl groups is 1. The predicted octanol–water partition coefficient (Wildman–Crippen LogP) is 1.38. The number of phenols is 1. The lowest BCUT2D eigenvalue weighted by Crippen LogP contribution is -2.40. The number of rotatable bonds is 4. The Hall–Kier alpha value is -2.24. The lowest BCUT2D eigenvalue weighted by atomic mass is 10.0. The van der Waals surface area contributed by atoms with Crippen LogP contribution in [0.3, 0.4) is 0 Å². The number of ether oxygens (including phenoxy) is 1. The number of nitrogens with one attached hydrogen (secondary N) is 1. The molecule has 0 bridgehead atoms. The van der Waals surface area contributed by atoms with Gasteiger partial charge in [-0.15, -0.1) is 0 Å². The minimum Gasteiger partial charge on any atom is -0.507 e. The van der Waals surface area contributed by atoms with E-state index < -0.39 is 23.8 Å². The summed E-state index contributed by atoms with van der Waals surface area (Å²) in [5.74, 6) is -1.66. The topological polar surface area (TPSA) is 95.9 Å². The van der Waals surface area contributed by atoms with Gasteiger partial charge in [-0.05, 0) is 31.0 Å². The van der Waals surface area contributed by atoms with Gasteiger partial charge >= 0.3 is 5.97 Å². The molecule has 0 radical (unpaired) electrons. The van der Waals surface area contributed by atoms with Crippen LogP contribution in [-0.4, -0.2) is 35.2 Å². The Bertz CT molecular complexity index is 528. The van der Waals surface area contributed by atoms with Crippen molar-refractivity contribution in [2.45, 2.75) is 25.3 Å². The third-order valence-corrected chi connectivity index (χ3v) is 3.60. The molecule has 2 rings (SSSR count). The zero-order valence-corrected chi connectivity index (χ0v) is 11.1. The van der Waals surface area contributed by atoms with Gasteiger partial charge in [0.2, 0.25) is 0 Å². The van der Waals surface area contributed by atoms with Crippen LogP contribution in [0, 0.1) is 5.92 Å². The van der Waals surface area contributed by atoms with Crippen molar-refractivity contribution in [2.24, 2.45) is 5.92 Å². The van der Waals surface area contributed by atoms with Gasteiger partial charge in [0.25, 0.3) is 5.91 Å². The van der Waals surface area contributed by atoms with Gasteiger partial charge in [0.05, 0.1) is 18.6 Å². The fraction of sp³-hybridized carbons (Fsp3) is 0.429. The zero-order chi connectivity index (χ0) is 14.7. The molecule has 1 aliphatic carbocycles. The summed E-state index contributed by atoms with van der Waals surface area (Å²) in [6, 6.07) is 3.94. The summed E-state index contributed by atoms with van der Waals surface area (Å²) in [6.07, 6.45) is 1.96. The molecule has 0 aromatic heterocycles. The minimum atomic E-state index is -0.900. The van der Waals surface area contributed by atoms with Crippen LogP contribution in [0.25, 0.3) is 0 Å². The van der Waals surface area contributed by atoms with Crippen molar-refractivity contribution in [3.8, 4) is 11.5 Å². The first-order valence-electron chi connectivity index (χ1n) is 6.43. The fourth-order valence-corrected chi connectivity index (χ4v) is 2.50. The van der Waals surface area contributed by atoms with E-state index in [1.165, 1.54) is 19.2 Å². The molecule has 108 valence electrons. The second-order valence-electron chi connectivity index (χ2n) is 4.84. The minimum absolute atomic E-state index is 0.0837. The molecular formula is C14H17NO5. The number of amides is 1. The molecule has 1 amide bonds. The maximum atomic E-state index is 12.1. The first-order valence-corrected chi connectivity index (χ1v) is 6.43. The molecule has 1 fully saturated rings. The van der Waals surface area contributed by atoms with Crippen LogP contribution in [0.2, 0.25) is 0 Å². The van der Waals surface area contributed by atoms with Crippen molar-refractivity contribution in [3.05, 3.63) is 23.8 Å². The molecule has 2 unspecified atom stereocenters. The lowest BCUT2D eigenvalue weighted by Gasteiger charge is -2.18. The number of hydrogen-bond acceptors (Lipinski definition) is 4. The van der Waals surface area contributed by atoms with E-state index in [-0.39, 0.29) is 11.3 Å². The van der Waals surface area contributed by atoms with Crippen LogP contribution < -0.4 is 10.1 Å². The van der Waals surface area contributed by atoms with Gasteiger partial charge in [0, 0.05) is 6.04 Å². The number of phenolic OH excluding ortho intramolecular Hbond substituents is 1. The molecule has 1 aliphatic rings. The van der Waals surface area contributed by atoms with E-state index in [0.29, 0.717) is 18.6 Å². The van der Waals surface area contributed by atoms with Crippen molar-refractivity contribution in [3.63, 3.8) is 0 Å². The molecule has 20 heavy (non-hydrogen) atoms. The molecule has 6 heteroatoms. The molecule has 0 spiro atoms. The number of hydrogen-bond donors (Lipinski definition) is 3. The van der Waals surface area contributed by atoms with Crippen LogP contribution in [0.5, 0.6) is 11.5 Å². The van der Waals surface area contributed by atoms with E-state index >= 15 is 0 Å². The molecule has 0 aliphatic heterocycles. The number of benzene rings is 1. The SMILES string of the molecule is COc1ccc(O)c(C(=O)NC2CCCC2C(=O)O)c1. The van der Waals surface area contributed by atoms with Gasteiger partial charge in [-0.25, -0.2) is 0 Å². The Morgan fingerprint density at radius 1 is 1.35 bits per heavy atom. The zero-order valence-electron chi connectivity index (χ0n) is 11.1. The van der Waals surface area contributed by atoms with Crippen molar-refractivity contribution in [1.29, 1.82) is 0 Å². The highest BCUT2D eigenvalue weighted by atomic mass is 16.5. The number of methoxy groups -OCH3 is 1. The highest BCUT2D eigenvalue weighted by molar-refractivity contribution is 5.97. The smallest absolute Gasteiger partial charge is 0.308 e. The molecule has 0 saturated heterocycles. The Morgan fingerprint density at radius 2 is 2.10 bits per heavy atom. The number of carboxylic acid groups (broad SMARTS) is 1. The fourth-order valence-electron chi connectivity index (χ4n) is 2.50. The van der Waals surface area contributed by atoms with Gasteiger partial charge in [-0.3, -0.25) is 9.59 Å². The molecule has 6 nitrogen and oxygen atoms in total. The van der Waals surface area contributed by atoms with Gasteiger partial charge in [-0.1, -0.05) is 6.42 Å². The van der Waals surface area contributed by atoms with Crippen molar-refractivity contribution in [1.82, 2.24) is 5.32 Å². The molecule has 3 N–H and O–H groups in total. The first-order chi connectivity index (χ1) is 9.52. The van der Waals surface area contributed by atoms with E-state index in [4.69, 9.17) is 9.84 Å². The highest BCUT2D eigenvalue weighted by Crippen LogP contribution is 2.28. The van der Waals surface area contributed by atoms with Crippen molar-refractivity contribution >= 4 is 11.9 Å². The van der Waals surface area contributed by atoms with Gasteiger partial charge in [-0.2, -0.15) is 0 Å². The van der Waals surface area contributed by atoms with Gasteiger partial charge < -0.3 is 20.3 Å². The molecule has 1 aromatic carbocycles. The van der Waals surface area contributed by atoms with Crippen LogP contribution >= 0.6 is 0 Å². The number of aliphatic carboxylic acids is 1. The molecular weight excluding hydrogens is 262 g/mol. The molecule has 1 saturated carbocycles. The predicted molar refractivity (Wildman–Crippen MR) is 70.9 cm³/mol. The summed E-state index contributed by atoms with van der Waals surface area (Å²) < 4.78 is 5.00. The second-order valence-corrected chi connectivity index (χ2v) is 4.84. The van der Waals surface area contributed by atoms with Gasteiger partial charge in [0.15, 0.2) is 0 Å². The second kappa shape index (κ2) is 5.81. The monoisotopic (exact) mass is 279 g/mol. The third kappa shape index (κ3) is 2.84. The normalized spacial score (nSPS) is 21.4. The average molecular weight is 279 g/mol. The number of carbonyl (C=O) groups excluding carboxylic acids is 1. The Labute approximate surface area is 116 Å². The van der Waals surface area contributed by atoms with E-state index in [9.17, 15) is 14.7 Å². The maximum absolute atomic E-state index is 12.1. The standard InChI is InChI=1S/C14H17NO5/c1-20-8-5-6-12(16)10(7-8)13(17)15-11-4-2-3-9(11)14(18)19/h5-7,9,11,16H,2-4H2,1H3,(H,15,17)(H,18,19). The molecule has 2 atom stereocenters. The van der Waals surface area contributed by atoms with Crippen LogP contribution in [0.1, 0.15) is 29.6 Å². The third-order valence-electron chi connectivity index (χ3n) is 3.60. The molecule has 0 heterocycles. The average Bonchev–Trinajstić information content (AvgIpc) is 2.87. The summed E-state index contributed by atoms with van der Waals surface area (Å²) in [6.45, 7) is 0. The van der Waals surface area contributed by atoms with Gasteiger partial charge in [0.1, 0.15) is 11.5 Å². The van der Waals surface area contributed by atoms with E-state index in [1.807, 2.05) is 0 Å². The van der Waals surface area contributed by atoms with Crippen LogP contribution in [-0.2, 0) is 4.79 Å². The van der Waals surface area contributed by atoms with E-state index in [0.717, 1.165) is 6.42 Å². The number of carboxylic acids is 1. The van der Waals surface area contributed by atoms with Crippen molar-refractivity contribution < 1.29 is 24.5 Å². The summed E-state index contributed by atoms with van der Waals surface area (Å²) in [4.78, 5) is 23.2. The summed E-state index contributed by atoms with van der Waals surface area (Å²) in [5.41, 5.74) is 0.0837. The van der Waals surface area contributed by atoms with Crippen LogP contribution in [0.4, 0.5) is 0 Å². The Kier molecular flexibility index (Phi) is 4.12. The maximum Gasteiger partial charge on any atom is 0.308 e. The lowest BCUT2D eigenvalue weighted by molar-refractivity contribution is -0.142. The quantitative estimate of drug-likeness (QED) is 0.774. The molecule has 1 aromatic rings. The number of carbonyl (C=O) groups is 2. The summed E-state index contributed by atoms with van der Waals surface area (Å²) >= 11 is 0. The summed E-state index contributed by atoms with van der Waals surface area (Å²) in [5, 5.41) is 21.5. The van der Waals surface area contributed by atoms with Crippen molar-refractivity contribution in [2.75, 3.05) is 7.11 Å². The Morgan fingerprint density at radius 3 is 2.75 bits per heavy atom. The largest absolute Gasteiger partial charge is 0.507 e. The highest BCUT2D eigenvalue weighted by Gasteiger charge is 2.34. The first kappa shape index (κ1) is 14.2. The summed E-state index contributed by atoms with van der Waals surface area (Å²) in [7, 11) is 1.46.